The van der Waals surface area contributed by atoms with Gasteiger partial charge in [0.2, 0.25) is 5.89 Å². The Morgan fingerprint density at radius 3 is 2.56 bits per heavy atom. The van der Waals surface area contributed by atoms with Gasteiger partial charge in [-0.1, -0.05) is 37.2 Å². The maximum atomic E-state index is 14.0. The van der Waals surface area contributed by atoms with E-state index in [1.165, 1.54) is 0 Å². The van der Waals surface area contributed by atoms with Crippen LogP contribution in [0.4, 0.5) is 4.39 Å². The van der Waals surface area contributed by atoms with Crippen LogP contribution in [-0.2, 0) is 4.74 Å². The first kappa shape index (κ1) is 18.6. The zero-order valence-corrected chi connectivity index (χ0v) is 16.0. The fourth-order valence-corrected chi connectivity index (χ4v) is 4.13. The van der Waals surface area contributed by atoms with Gasteiger partial charge in [0.25, 0.3) is 0 Å². The van der Waals surface area contributed by atoms with E-state index in [0.29, 0.717) is 17.9 Å². The first-order valence-electron chi connectivity index (χ1n) is 10.0. The van der Waals surface area contributed by atoms with Gasteiger partial charge < -0.3 is 14.6 Å². The lowest BCUT2D eigenvalue weighted by Gasteiger charge is -2.40. The summed E-state index contributed by atoms with van der Waals surface area (Å²) in [5, 5.41) is 7.89. The summed E-state index contributed by atoms with van der Waals surface area (Å²) >= 11 is 0. The summed E-state index contributed by atoms with van der Waals surface area (Å²) in [5.41, 5.74) is 0.832. The average Bonchev–Trinajstić information content (AvgIpc) is 3.13. The van der Waals surface area contributed by atoms with E-state index in [0.717, 1.165) is 50.3 Å². The maximum absolute atomic E-state index is 14.0. The molecule has 4 rings (SSSR count). The Kier molecular flexibility index (Phi) is 5.55. The summed E-state index contributed by atoms with van der Waals surface area (Å²) < 4.78 is 25.2. The minimum Gasteiger partial charge on any atom is -0.381 e. The normalized spacial score (nSPS) is 24.7. The molecule has 2 fully saturated rings. The van der Waals surface area contributed by atoms with Crippen molar-refractivity contribution < 1.29 is 13.7 Å². The molecule has 0 radical (unpaired) electrons. The molecule has 2 aliphatic rings. The molecule has 1 aliphatic carbocycles. The van der Waals surface area contributed by atoms with Crippen LogP contribution in [0.25, 0.3) is 0 Å². The van der Waals surface area contributed by atoms with E-state index in [1.807, 2.05) is 12.1 Å². The molecule has 146 valence electrons. The predicted octanol–water partition coefficient (Wildman–Crippen LogP) is 4.34. The summed E-state index contributed by atoms with van der Waals surface area (Å²) in [4.78, 5) is 4.65. The second kappa shape index (κ2) is 8.07. The maximum Gasteiger partial charge on any atom is 0.244 e. The van der Waals surface area contributed by atoms with Crippen molar-refractivity contribution in [3.05, 3.63) is 47.4 Å². The second-order valence-corrected chi connectivity index (χ2v) is 8.13. The zero-order chi connectivity index (χ0) is 18.8. The summed E-state index contributed by atoms with van der Waals surface area (Å²) in [7, 11) is 0. The van der Waals surface area contributed by atoms with Gasteiger partial charge in [-0.2, -0.15) is 4.98 Å². The number of hydrogen-bond donors (Lipinski definition) is 1. The van der Waals surface area contributed by atoms with Crippen molar-refractivity contribution in [1.29, 1.82) is 0 Å². The monoisotopic (exact) mass is 373 g/mol. The Morgan fingerprint density at radius 2 is 1.89 bits per heavy atom. The lowest BCUT2D eigenvalue weighted by atomic mass is 9.75. The van der Waals surface area contributed by atoms with E-state index in [-0.39, 0.29) is 23.7 Å². The van der Waals surface area contributed by atoms with E-state index in [1.54, 1.807) is 12.1 Å². The number of hydrogen-bond acceptors (Lipinski definition) is 5. The van der Waals surface area contributed by atoms with Crippen molar-refractivity contribution in [3.63, 3.8) is 0 Å². The standard InChI is InChI=1S/C21H28FN3O2/c1-13(2)20-24-21(27-25-20)19(14-7-9-26-10-8-14)23-16-11-15(12-16)17-5-3-4-6-18(17)22/h3-6,13-16,19,23H,7-12H2,1-2H3/t15?,16?,19-/m1/s1. The van der Waals surface area contributed by atoms with Gasteiger partial charge in [-0.25, -0.2) is 4.39 Å². The van der Waals surface area contributed by atoms with Crippen LogP contribution in [0.15, 0.2) is 28.8 Å². The first-order valence-corrected chi connectivity index (χ1v) is 10.0. The predicted molar refractivity (Wildman–Crippen MR) is 100.0 cm³/mol. The van der Waals surface area contributed by atoms with E-state index >= 15 is 0 Å². The van der Waals surface area contributed by atoms with Crippen molar-refractivity contribution >= 4 is 0 Å². The Labute approximate surface area is 159 Å². The van der Waals surface area contributed by atoms with E-state index in [4.69, 9.17) is 9.26 Å². The largest absolute Gasteiger partial charge is 0.381 e. The average molecular weight is 373 g/mol. The van der Waals surface area contributed by atoms with Gasteiger partial charge >= 0.3 is 0 Å². The summed E-state index contributed by atoms with van der Waals surface area (Å²) in [6, 6.07) is 7.50. The van der Waals surface area contributed by atoms with Gasteiger partial charge in [0.05, 0.1) is 6.04 Å². The molecule has 2 aromatic rings. The van der Waals surface area contributed by atoms with Crippen LogP contribution < -0.4 is 5.32 Å². The molecule has 0 spiro atoms. The minimum absolute atomic E-state index is 0.0421. The van der Waals surface area contributed by atoms with Crippen LogP contribution in [-0.4, -0.2) is 29.4 Å². The zero-order valence-electron chi connectivity index (χ0n) is 16.0. The molecule has 0 unspecified atom stereocenters. The number of benzene rings is 1. The van der Waals surface area contributed by atoms with Gasteiger partial charge in [0, 0.05) is 25.2 Å². The Balaban J connectivity index is 1.44. The van der Waals surface area contributed by atoms with Gasteiger partial charge in [0.15, 0.2) is 5.82 Å². The summed E-state index contributed by atoms with van der Waals surface area (Å²) in [6.45, 7) is 5.68. The molecule has 1 saturated heterocycles. The molecule has 0 bridgehead atoms. The molecule has 1 aliphatic heterocycles. The minimum atomic E-state index is -0.0968. The molecule has 1 N–H and O–H groups in total. The third-order valence-corrected chi connectivity index (χ3v) is 5.88. The van der Waals surface area contributed by atoms with Crippen LogP contribution in [0.3, 0.4) is 0 Å². The van der Waals surface area contributed by atoms with Gasteiger partial charge in [0.1, 0.15) is 5.82 Å². The molecule has 5 nitrogen and oxygen atoms in total. The highest BCUT2D eigenvalue weighted by molar-refractivity contribution is 5.25. The molecular weight excluding hydrogens is 345 g/mol. The Hall–Kier alpha value is -1.79. The molecule has 1 atom stereocenters. The number of nitrogens with zero attached hydrogens (tertiary/aromatic N) is 2. The van der Waals surface area contributed by atoms with Crippen molar-refractivity contribution in [2.45, 2.75) is 63.5 Å². The second-order valence-electron chi connectivity index (χ2n) is 8.13. The number of ether oxygens (including phenoxy) is 1. The lowest BCUT2D eigenvalue weighted by molar-refractivity contribution is 0.0435. The highest BCUT2D eigenvalue weighted by Crippen LogP contribution is 2.40. The van der Waals surface area contributed by atoms with E-state index < -0.39 is 0 Å². The van der Waals surface area contributed by atoms with Crippen LogP contribution >= 0.6 is 0 Å². The molecule has 0 amide bonds. The fourth-order valence-electron chi connectivity index (χ4n) is 4.13. The lowest BCUT2D eigenvalue weighted by Crippen LogP contribution is -2.45. The smallest absolute Gasteiger partial charge is 0.244 e. The number of aromatic nitrogens is 2. The van der Waals surface area contributed by atoms with Crippen molar-refractivity contribution in [3.8, 4) is 0 Å². The third kappa shape index (κ3) is 4.06. The molecular formula is C21H28FN3O2. The first-order chi connectivity index (χ1) is 13.1. The van der Waals surface area contributed by atoms with Crippen molar-refractivity contribution in [2.24, 2.45) is 5.92 Å². The molecule has 2 heterocycles. The highest BCUT2D eigenvalue weighted by atomic mass is 19.1. The SMILES string of the molecule is CC(C)c1noc([C@H](NC2CC(c3ccccc3F)C2)C2CCOCC2)n1. The van der Waals surface area contributed by atoms with Crippen LogP contribution in [0, 0.1) is 11.7 Å². The van der Waals surface area contributed by atoms with Gasteiger partial charge in [-0.15, -0.1) is 0 Å². The van der Waals surface area contributed by atoms with E-state index in [9.17, 15) is 4.39 Å². The molecule has 1 aromatic carbocycles. The number of rotatable bonds is 6. The molecule has 1 saturated carbocycles. The number of nitrogens with one attached hydrogen (secondary N) is 1. The van der Waals surface area contributed by atoms with Gasteiger partial charge in [-0.05, 0) is 49.1 Å². The summed E-state index contributed by atoms with van der Waals surface area (Å²) in [6.07, 6.45) is 3.85. The van der Waals surface area contributed by atoms with Gasteiger partial charge in [-0.3, -0.25) is 0 Å². The summed E-state index contributed by atoms with van der Waals surface area (Å²) in [5.74, 6) is 2.29. The quantitative estimate of drug-likeness (QED) is 0.816. The third-order valence-electron chi connectivity index (χ3n) is 5.88. The molecule has 6 heteroatoms. The molecule has 27 heavy (non-hydrogen) atoms. The molecule has 1 aromatic heterocycles. The van der Waals surface area contributed by atoms with Crippen LogP contribution in [0.1, 0.15) is 74.7 Å². The fraction of sp³-hybridized carbons (Fsp3) is 0.619. The van der Waals surface area contributed by atoms with E-state index in [2.05, 4.69) is 29.3 Å². The van der Waals surface area contributed by atoms with Crippen LogP contribution in [0.2, 0.25) is 0 Å². The highest BCUT2D eigenvalue weighted by Gasteiger charge is 2.37. The Bertz CT molecular complexity index is 751. The number of halogens is 1. The van der Waals surface area contributed by atoms with Crippen molar-refractivity contribution in [1.82, 2.24) is 15.5 Å². The van der Waals surface area contributed by atoms with Crippen molar-refractivity contribution in [2.75, 3.05) is 13.2 Å². The van der Waals surface area contributed by atoms with Crippen LogP contribution in [0.5, 0.6) is 0 Å². The Morgan fingerprint density at radius 1 is 1.15 bits per heavy atom. The topological polar surface area (TPSA) is 60.2 Å².